The number of nitrogens with one attached hydrogen (secondary N) is 1. The Kier molecular flexibility index (Phi) is 4.92. The third-order valence-corrected chi connectivity index (χ3v) is 4.01. The molecule has 1 aliphatic rings. The average Bonchev–Trinajstić information content (AvgIpc) is 3.02. The summed E-state index contributed by atoms with van der Waals surface area (Å²) in [4.78, 5) is 12.3. The summed E-state index contributed by atoms with van der Waals surface area (Å²) < 4.78 is 12.4. The van der Waals surface area contributed by atoms with Crippen LogP contribution in [0.4, 0.5) is 5.69 Å². The highest BCUT2D eigenvalue weighted by Crippen LogP contribution is 2.18. The Morgan fingerprint density at radius 3 is 3.04 bits per heavy atom. The predicted octanol–water partition coefficient (Wildman–Crippen LogP) is 2.57. The van der Waals surface area contributed by atoms with Crippen LogP contribution in [0.5, 0.6) is 5.75 Å². The molecule has 0 bridgehead atoms. The highest BCUT2D eigenvalue weighted by molar-refractivity contribution is 6.04. The number of benzene rings is 1. The van der Waals surface area contributed by atoms with Gasteiger partial charge in [-0.15, -0.1) is 0 Å². The van der Waals surface area contributed by atoms with Crippen molar-refractivity contribution in [3.8, 4) is 5.75 Å². The Bertz CT molecular complexity index is 663. The molecule has 0 unspecified atom stereocenters. The number of aromatic nitrogens is 2. The first-order valence-electron chi connectivity index (χ1n) is 7.80. The third kappa shape index (κ3) is 4.10. The fourth-order valence-electron chi connectivity index (χ4n) is 2.69. The summed E-state index contributed by atoms with van der Waals surface area (Å²) in [5, 5.41) is 7.19. The smallest absolute Gasteiger partial charge is 0.255 e. The topological polar surface area (TPSA) is 65.4 Å². The van der Waals surface area contributed by atoms with Crippen molar-refractivity contribution >= 4 is 11.6 Å². The van der Waals surface area contributed by atoms with E-state index in [-0.39, 0.29) is 5.91 Å². The molecule has 1 aliphatic heterocycles. The lowest BCUT2D eigenvalue weighted by Gasteiger charge is -2.21. The molecule has 1 aromatic carbocycles. The second-order valence-corrected chi connectivity index (χ2v) is 5.69. The Morgan fingerprint density at radius 2 is 2.26 bits per heavy atom. The van der Waals surface area contributed by atoms with Crippen LogP contribution in [0.3, 0.4) is 0 Å². The SMILES string of the molecule is COc1cccc(C(=O)Nc2cnn(CC3CCOCC3)c2)c1. The quantitative estimate of drug-likeness (QED) is 0.921. The van der Waals surface area contributed by atoms with Gasteiger partial charge in [0.1, 0.15) is 5.75 Å². The maximum absolute atomic E-state index is 12.3. The largest absolute Gasteiger partial charge is 0.497 e. The van der Waals surface area contributed by atoms with E-state index in [4.69, 9.17) is 9.47 Å². The van der Waals surface area contributed by atoms with Crippen LogP contribution in [-0.2, 0) is 11.3 Å². The number of rotatable bonds is 5. The van der Waals surface area contributed by atoms with Gasteiger partial charge in [0.2, 0.25) is 0 Å². The van der Waals surface area contributed by atoms with E-state index in [2.05, 4.69) is 10.4 Å². The molecule has 2 aromatic rings. The monoisotopic (exact) mass is 315 g/mol. The fraction of sp³-hybridized carbons (Fsp3) is 0.412. The number of methoxy groups -OCH3 is 1. The lowest BCUT2D eigenvalue weighted by atomic mass is 10.0. The molecule has 1 fully saturated rings. The zero-order valence-electron chi connectivity index (χ0n) is 13.2. The van der Waals surface area contributed by atoms with Crippen LogP contribution in [0.2, 0.25) is 0 Å². The molecule has 0 spiro atoms. The van der Waals surface area contributed by atoms with Crippen LogP contribution >= 0.6 is 0 Å². The zero-order valence-corrected chi connectivity index (χ0v) is 13.2. The molecule has 1 saturated heterocycles. The van der Waals surface area contributed by atoms with Crippen molar-refractivity contribution in [2.24, 2.45) is 5.92 Å². The average molecular weight is 315 g/mol. The first-order chi connectivity index (χ1) is 11.2. The fourth-order valence-corrected chi connectivity index (χ4v) is 2.69. The molecule has 1 aromatic heterocycles. The lowest BCUT2D eigenvalue weighted by molar-refractivity contribution is 0.0601. The van der Waals surface area contributed by atoms with Gasteiger partial charge in [-0.2, -0.15) is 5.10 Å². The molecule has 2 heterocycles. The first kappa shape index (κ1) is 15.6. The third-order valence-electron chi connectivity index (χ3n) is 4.01. The van der Waals surface area contributed by atoms with E-state index in [0.717, 1.165) is 32.6 Å². The number of ether oxygens (including phenoxy) is 2. The number of anilines is 1. The molecular weight excluding hydrogens is 294 g/mol. The maximum Gasteiger partial charge on any atom is 0.255 e. The minimum Gasteiger partial charge on any atom is -0.497 e. The molecule has 1 N–H and O–H groups in total. The van der Waals surface area contributed by atoms with Gasteiger partial charge in [0, 0.05) is 31.5 Å². The van der Waals surface area contributed by atoms with Crippen molar-refractivity contribution in [2.75, 3.05) is 25.6 Å². The zero-order chi connectivity index (χ0) is 16.1. The Morgan fingerprint density at radius 1 is 1.43 bits per heavy atom. The van der Waals surface area contributed by atoms with Gasteiger partial charge in [0.25, 0.3) is 5.91 Å². The number of amides is 1. The molecule has 122 valence electrons. The molecule has 6 nitrogen and oxygen atoms in total. The molecule has 0 aliphatic carbocycles. The van der Waals surface area contributed by atoms with Gasteiger partial charge in [-0.1, -0.05) is 6.07 Å². The first-order valence-corrected chi connectivity index (χ1v) is 7.80. The molecule has 1 amide bonds. The number of carbonyl (C=O) groups excluding carboxylic acids is 1. The Labute approximate surface area is 135 Å². The van der Waals surface area contributed by atoms with Crippen LogP contribution < -0.4 is 10.1 Å². The summed E-state index contributed by atoms with van der Waals surface area (Å²) >= 11 is 0. The summed E-state index contributed by atoms with van der Waals surface area (Å²) in [5.74, 6) is 1.08. The van der Waals surface area contributed by atoms with Gasteiger partial charge >= 0.3 is 0 Å². The van der Waals surface area contributed by atoms with Crippen molar-refractivity contribution in [1.82, 2.24) is 9.78 Å². The van der Waals surface area contributed by atoms with E-state index >= 15 is 0 Å². The molecular formula is C17H21N3O3. The van der Waals surface area contributed by atoms with E-state index in [1.165, 1.54) is 0 Å². The molecule has 23 heavy (non-hydrogen) atoms. The summed E-state index contributed by atoms with van der Waals surface area (Å²) in [6.45, 7) is 2.51. The van der Waals surface area contributed by atoms with Crippen LogP contribution in [0.25, 0.3) is 0 Å². The van der Waals surface area contributed by atoms with Crippen molar-refractivity contribution in [1.29, 1.82) is 0 Å². The van der Waals surface area contributed by atoms with Crippen molar-refractivity contribution in [3.63, 3.8) is 0 Å². The van der Waals surface area contributed by atoms with Crippen LogP contribution in [0.15, 0.2) is 36.7 Å². The second-order valence-electron chi connectivity index (χ2n) is 5.69. The standard InChI is InChI=1S/C17H21N3O3/c1-22-16-4-2-3-14(9-16)17(21)19-15-10-18-20(12-15)11-13-5-7-23-8-6-13/h2-4,9-10,12-13H,5-8,11H2,1H3,(H,19,21). The van der Waals surface area contributed by atoms with E-state index < -0.39 is 0 Å². The van der Waals surface area contributed by atoms with Crippen LogP contribution in [-0.4, -0.2) is 36.0 Å². The highest BCUT2D eigenvalue weighted by atomic mass is 16.5. The minimum absolute atomic E-state index is 0.172. The van der Waals surface area contributed by atoms with E-state index in [9.17, 15) is 4.79 Å². The van der Waals surface area contributed by atoms with Crippen molar-refractivity contribution in [3.05, 3.63) is 42.2 Å². The van der Waals surface area contributed by atoms with Crippen LogP contribution in [0, 0.1) is 5.92 Å². The Balaban J connectivity index is 1.60. The highest BCUT2D eigenvalue weighted by Gasteiger charge is 2.15. The summed E-state index contributed by atoms with van der Waals surface area (Å²) in [6.07, 6.45) is 5.67. The van der Waals surface area contributed by atoms with Crippen molar-refractivity contribution in [2.45, 2.75) is 19.4 Å². The molecule has 0 saturated carbocycles. The Hall–Kier alpha value is -2.34. The van der Waals surface area contributed by atoms with Gasteiger partial charge < -0.3 is 14.8 Å². The number of carbonyl (C=O) groups is 1. The van der Waals surface area contributed by atoms with Crippen LogP contribution in [0.1, 0.15) is 23.2 Å². The van der Waals surface area contributed by atoms with E-state index in [0.29, 0.717) is 22.9 Å². The van der Waals surface area contributed by atoms with E-state index in [1.54, 1.807) is 31.5 Å². The van der Waals surface area contributed by atoms with Gasteiger partial charge in [-0.25, -0.2) is 0 Å². The molecule has 0 atom stereocenters. The number of hydrogen-bond donors (Lipinski definition) is 1. The van der Waals surface area contributed by atoms with Gasteiger partial charge in [0.05, 0.1) is 19.0 Å². The second kappa shape index (κ2) is 7.28. The normalized spacial score (nSPS) is 15.3. The maximum atomic E-state index is 12.3. The van der Waals surface area contributed by atoms with Gasteiger partial charge in [0.15, 0.2) is 0 Å². The molecule has 0 radical (unpaired) electrons. The minimum atomic E-state index is -0.172. The molecule has 6 heteroatoms. The summed E-state index contributed by atoms with van der Waals surface area (Å²) in [6, 6.07) is 7.07. The predicted molar refractivity (Wildman–Crippen MR) is 86.7 cm³/mol. The summed E-state index contributed by atoms with van der Waals surface area (Å²) in [7, 11) is 1.58. The number of nitrogens with zero attached hydrogens (tertiary/aromatic N) is 2. The van der Waals surface area contributed by atoms with Gasteiger partial charge in [-0.05, 0) is 37.0 Å². The molecule has 3 rings (SSSR count). The van der Waals surface area contributed by atoms with E-state index in [1.807, 2.05) is 16.9 Å². The number of hydrogen-bond acceptors (Lipinski definition) is 4. The summed E-state index contributed by atoms with van der Waals surface area (Å²) in [5.41, 5.74) is 1.26. The van der Waals surface area contributed by atoms with Gasteiger partial charge in [-0.3, -0.25) is 9.48 Å². The lowest BCUT2D eigenvalue weighted by Crippen LogP contribution is -2.20. The van der Waals surface area contributed by atoms with Crippen molar-refractivity contribution < 1.29 is 14.3 Å².